The van der Waals surface area contributed by atoms with E-state index >= 15 is 0 Å². The van der Waals surface area contributed by atoms with Crippen LogP contribution in [0.25, 0.3) is 0 Å². The van der Waals surface area contributed by atoms with E-state index in [1.54, 1.807) is 12.1 Å². The molecule has 1 unspecified atom stereocenters. The van der Waals surface area contributed by atoms with Crippen molar-refractivity contribution in [2.24, 2.45) is 0 Å². The summed E-state index contributed by atoms with van der Waals surface area (Å²) in [6, 6.07) is 6.40. The number of benzene rings is 1. The lowest BCUT2D eigenvalue weighted by atomic mass is 10.0. The van der Waals surface area contributed by atoms with Gasteiger partial charge < -0.3 is 10.6 Å². The lowest BCUT2D eigenvalue weighted by Gasteiger charge is -2.25. The maximum atomic E-state index is 12.8. The highest BCUT2D eigenvalue weighted by atomic mass is 19.1. The quantitative estimate of drug-likeness (QED) is 0.845. The van der Waals surface area contributed by atoms with Crippen molar-refractivity contribution in [2.45, 2.75) is 31.7 Å². The highest BCUT2D eigenvalue weighted by Gasteiger charge is 2.14. The third-order valence-corrected chi connectivity index (χ3v) is 3.81. The fraction of sp³-hybridized carbons (Fsp3) is 0.562. The maximum Gasteiger partial charge on any atom is 0.238 e. The summed E-state index contributed by atoms with van der Waals surface area (Å²) in [6.45, 7) is 2.36. The van der Waals surface area contributed by atoms with Crippen LogP contribution in [0.5, 0.6) is 0 Å². The molecule has 5 heteroatoms. The first-order valence-electron chi connectivity index (χ1n) is 7.61. The number of nitrogens with zero attached hydrogens (tertiary/aromatic N) is 1. The summed E-state index contributed by atoms with van der Waals surface area (Å²) in [7, 11) is 1.95. The number of nitrogens with one attached hydrogen (secondary N) is 2. The van der Waals surface area contributed by atoms with Crippen LogP contribution in [0.2, 0.25) is 0 Å². The highest BCUT2D eigenvalue weighted by molar-refractivity contribution is 5.92. The van der Waals surface area contributed by atoms with Gasteiger partial charge in [-0.1, -0.05) is 6.42 Å². The molecule has 0 spiro atoms. The van der Waals surface area contributed by atoms with Crippen molar-refractivity contribution in [3.63, 3.8) is 0 Å². The Kier molecular flexibility index (Phi) is 6.14. The molecule has 1 amide bonds. The van der Waals surface area contributed by atoms with Gasteiger partial charge in [-0.15, -0.1) is 0 Å². The van der Waals surface area contributed by atoms with Crippen molar-refractivity contribution < 1.29 is 9.18 Å². The van der Waals surface area contributed by atoms with Gasteiger partial charge in [-0.25, -0.2) is 4.39 Å². The number of carbonyl (C=O) groups is 1. The van der Waals surface area contributed by atoms with Gasteiger partial charge in [0.15, 0.2) is 0 Å². The number of hydrogen-bond acceptors (Lipinski definition) is 3. The summed E-state index contributed by atoms with van der Waals surface area (Å²) < 4.78 is 12.8. The van der Waals surface area contributed by atoms with Crippen LogP contribution >= 0.6 is 0 Å². The van der Waals surface area contributed by atoms with E-state index in [1.807, 2.05) is 11.9 Å². The zero-order chi connectivity index (χ0) is 15.1. The van der Waals surface area contributed by atoms with Gasteiger partial charge in [-0.2, -0.15) is 0 Å². The van der Waals surface area contributed by atoms with Crippen LogP contribution in [0.4, 0.5) is 10.1 Å². The molecule has 1 aliphatic rings. The lowest BCUT2D eigenvalue weighted by molar-refractivity contribution is -0.117. The van der Waals surface area contributed by atoms with E-state index in [4.69, 9.17) is 0 Å². The van der Waals surface area contributed by atoms with Crippen LogP contribution in [0.15, 0.2) is 24.3 Å². The molecule has 0 saturated carbocycles. The molecule has 1 atom stereocenters. The molecule has 116 valence electrons. The van der Waals surface area contributed by atoms with Gasteiger partial charge in [0.2, 0.25) is 5.91 Å². The molecule has 1 aliphatic heterocycles. The van der Waals surface area contributed by atoms with Crippen molar-refractivity contribution in [2.75, 3.05) is 32.0 Å². The number of rotatable bonds is 6. The lowest BCUT2D eigenvalue weighted by Crippen LogP contribution is -2.38. The minimum atomic E-state index is -0.301. The molecular weight excluding hydrogens is 269 g/mol. The van der Waals surface area contributed by atoms with Crippen molar-refractivity contribution in [1.29, 1.82) is 0 Å². The summed E-state index contributed by atoms with van der Waals surface area (Å²) in [5.74, 6) is -0.370. The molecule has 4 nitrogen and oxygen atoms in total. The molecule has 0 aliphatic carbocycles. The summed E-state index contributed by atoms with van der Waals surface area (Å²) in [4.78, 5) is 13.9. The van der Waals surface area contributed by atoms with Gasteiger partial charge in [0.25, 0.3) is 0 Å². The van der Waals surface area contributed by atoms with E-state index in [1.165, 1.54) is 31.4 Å². The second kappa shape index (κ2) is 8.10. The Balaban J connectivity index is 1.67. The van der Waals surface area contributed by atoms with Gasteiger partial charge in [0.05, 0.1) is 6.54 Å². The normalized spacial score (nSPS) is 18.7. The first kappa shape index (κ1) is 15.9. The summed E-state index contributed by atoms with van der Waals surface area (Å²) in [5.41, 5.74) is 0.628. The van der Waals surface area contributed by atoms with Gasteiger partial charge >= 0.3 is 0 Å². The third-order valence-electron chi connectivity index (χ3n) is 3.81. The number of halogens is 1. The molecular formula is C16H24FN3O. The fourth-order valence-corrected chi connectivity index (χ4v) is 2.60. The van der Waals surface area contributed by atoms with Crippen molar-refractivity contribution in [3.8, 4) is 0 Å². The number of anilines is 1. The number of hydrogen-bond donors (Lipinski definition) is 2. The SMILES string of the molecule is CN(CCC1CCCCN1)CC(=O)Nc1ccc(F)cc1. The van der Waals surface area contributed by atoms with Gasteiger partial charge in [0, 0.05) is 11.7 Å². The topological polar surface area (TPSA) is 44.4 Å². The Labute approximate surface area is 125 Å². The Hall–Kier alpha value is -1.46. The first-order chi connectivity index (χ1) is 10.1. The predicted molar refractivity (Wildman–Crippen MR) is 82.8 cm³/mol. The fourth-order valence-electron chi connectivity index (χ4n) is 2.60. The average molecular weight is 293 g/mol. The van der Waals surface area contributed by atoms with Crippen LogP contribution < -0.4 is 10.6 Å². The molecule has 1 fully saturated rings. The molecule has 1 aromatic carbocycles. The third kappa shape index (κ3) is 5.81. The van der Waals surface area contributed by atoms with E-state index in [9.17, 15) is 9.18 Å². The van der Waals surface area contributed by atoms with E-state index in [2.05, 4.69) is 10.6 Å². The van der Waals surface area contributed by atoms with Gasteiger partial charge in [-0.05, 0) is 63.7 Å². The standard InChI is InChI=1S/C16H24FN3O/c1-20(11-9-14-4-2-3-10-18-14)12-16(21)19-15-7-5-13(17)6-8-15/h5-8,14,18H,2-4,9-12H2,1H3,(H,19,21). The summed E-state index contributed by atoms with van der Waals surface area (Å²) >= 11 is 0. The van der Waals surface area contributed by atoms with Crippen molar-refractivity contribution in [3.05, 3.63) is 30.1 Å². The van der Waals surface area contributed by atoms with Crippen LogP contribution in [0, 0.1) is 5.82 Å². The molecule has 1 saturated heterocycles. The summed E-state index contributed by atoms with van der Waals surface area (Å²) in [5, 5.41) is 6.29. The van der Waals surface area contributed by atoms with Crippen LogP contribution in [-0.4, -0.2) is 43.5 Å². The van der Waals surface area contributed by atoms with E-state index in [-0.39, 0.29) is 11.7 Å². The van der Waals surface area contributed by atoms with Crippen molar-refractivity contribution in [1.82, 2.24) is 10.2 Å². The minimum Gasteiger partial charge on any atom is -0.325 e. The minimum absolute atomic E-state index is 0.0688. The van der Waals surface area contributed by atoms with Crippen LogP contribution in [0.1, 0.15) is 25.7 Å². The smallest absolute Gasteiger partial charge is 0.238 e. The number of likely N-dealkylation sites (N-methyl/N-ethyl adjacent to an activating group) is 1. The molecule has 1 aromatic rings. The first-order valence-corrected chi connectivity index (χ1v) is 7.61. The van der Waals surface area contributed by atoms with Crippen LogP contribution in [0.3, 0.4) is 0 Å². The molecule has 2 N–H and O–H groups in total. The number of piperidine rings is 1. The molecule has 1 heterocycles. The van der Waals surface area contributed by atoms with Gasteiger partial charge in [-0.3, -0.25) is 9.69 Å². The molecule has 0 bridgehead atoms. The van der Waals surface area contributed by atoms with Crippen molar-refractivity contribution >= 4 is 11.6 Å². The van der Waals surface area contributed by atoms with E-state index in [0.717, 1.165) is 19.5 Å². The Morgan fingerprint density at radius 2 is 2.14 bits per heavy atom. The van der Waals surface area contributed by atoms with E-state index < -0.39 is 0 Å². The molecule has 2 rings (SSSR count). The molecule has 0 radical (unpaired) electrons. The molecule has 21 heavy (non-hydrogen) atoms. The Morgan fingerprint density at radius 3 is 2.81 bits per heavy atom. The zero-order valence-electron chi connectivity index (χ0n) is 12.6. The predicted octanol–water partition coefficient (Wildman–Crippen LogP) is 2.23. The number of carbonyl (C=O) groups excluding carboxylic acids is 1. The second-order valence-corrected chi connectivity index (χ2v) is 5.73. The summed E-state index contributed by atoms with van der Waals surface area (Å²) in [6.07, 6.45) is 4.87. The Bertz CT molecular complexity index is 443. The highest BCUT2D eigenvalue weighted by Crippen LogP contribution is 2.11. The number of amides is 1. The maximum absolute atomic E-state index is 12.8. The second-order valence-electron chi connectivity index (χ2n) is 5.73. The molecule has 0 aromatic heterocycles. The Morgan fingerprint density at radius 1 is 1.38 bits per heavy atom. The average Bonchev–Trinajstić information content (AvgIpc) is 2.48. The van der Waals surface area contributed by atoms with Gasteiger partial charge in [0.1, 0.15) is 5.82 Å². The van der Waals surface area contributed by atoms with Crippen LogP contribution in [-0.2, 0) is 4.79 Å². The van der Waals surface area contributed by atoms with E-state index in [0.29, 0.717) is 18.3 Å². The largest absolute Gasteiger partial charge is 0.325 e. The zero-order valence-corrected chi connectivity index (χ0v) is 12.6. The monoisotopic (exact) mass is 293 g/mol.